The van der Waals surface area contributed by atoms with E-state index in [1.807, 2.05) is 13.0 Å². The Bertz CT molecular complexity index is 289. The minimum Gasteiger partial charge on any atom is -0.466 e. The van der Waals surface area contributed by atoms with Crippen LogP contribution in [0.25, 0.3) is 0 Å². The number of carbonyl (C=O) groups excluding carboxylic acids is 1. The van der Waals surface area contributed by atoms with E-state index in [-0.39, 0.29) is 30.3 Å². The highest BCUT2D eigenvalue weighted by Gasteiger charge is 2.32. The number of esters is 1. The molecule has 1 N–H and O–H groups in total. The van der Waals surface area contributed by atoms with Crippen LogP contribution in [-0.4, -0.2) is 30.4 Å². The molecule has 0 saturated carbocycles. The lowest BCUT2D eigenvalue weighted by Gasteiger charge is -2.40. The van der Waals surface area contributed by atoms with Gasteiger partial charge in [0.15, 0.2) is 0 Å². The van der Waals surface area contributed by atoms with Crippen molar-refractivity contribution in [3.63, 3.8) is 0 Å². The molecule has 0 aliphatic carbocycles. The molecular formula is C14H25NO3. The van der Waals surface area contributed by atoms with Crippen molar-refractivity contribution in [3.8, 4) is 0 Å². The average Bonchev–Trinajstić information content (AvgIpc) is 2.21. The van der Waals surface area contributed by atoms with Gasteiger partial charge in [0.2, 0.25) is 0 Å². The zero-order valence-corrected chi connectivity index (χ0v) is 11.7. The minimum atomic E-state index is -0.240. The van der Waals surface area contributed by atoms with Gasteiger partial charge >= 0.3 is 5.97 Å². The normalized spacial score (nSPS) is 26.6. The number of nitrogens with one attached hydrogen (secondary N) is 1. The van der Waals surface area contributed by atoms with Crippen LogP contribution in [0.1, 0.15) is 46.5 Å². The molecule has 1 aliphatic heterocycles. The summed E-state index contributed by atoms with van der Waals surface area (Å²) in [4.78, 5) is 11.6. The summed E-state index contributed by atoms with van der Waals surface area (Å²) in [5, 5.41) is 3.32. The van der Waals surface area contributed by atoms with Gasteiger partial charge in [-0.25, -0.2) is 0 Å². The van der Waals surface area contributed by atoms with Crippen LogP contribution >= 0.6 is 0 Å². The summed E-state index contributed by atoms with van der Waals surface area (Å²) in [6, 6.07) is 0. The van der Waals surface area contributed by atoms with Crippen molar-refractivity contribution in [3.05, 3.63) is 12.7 Å². The number of rotatable bonds is 6. The highest BCUT2D eigenvalue weighted by atomic mass is 16.5. The Hall–Kier alpha value is -0.870. The van der Waals surface area contributed by atoms with Gasteiger partial charge in [-0.1, -0.05) is 6.08 Å². The summed E-state index contributed by atoms with van der Waals surface area (Å²) in [5.74, 6) is -0.207. The Labute approximate surface area is 110 Å². The number of hydrogen-bond acceptors (Lipinski definition) is 4. The van der Waals surface area contributed by atoms with Gasteiger partial charge in [0, 0.05) is 5.54 Å². The summed E-state index contributed by atoms with van der Waals surface area (Å²) >= 11 is 0. The maximum absolute atomic E-state index is 11.6. The van der Waals surface area contributed by atoms with Crippen LogP contribution in [0.3, 0.4) is 0 Å². The molecular weight excluding hydrogens is 230 g/mol. The van der Waals surface area contributed by atoms with E-state index >= 15 is 0 Å². The average molecular weight is 255 g/mol. The second-order valence-electron chi connectivity index (χ2n) is 5.52. The molecule has 0 bridgehead atoms. The molecule has 4 heteroatoms. The molecule has 18 heavy (non-hydrogen) atoms. The van der Waals surface area contributed by atoms with Crippen molar-refractivity contribution in [2.24, 2.45) is 0 Å². The van der Waals surface area contributed by atoms with Crippen molar-refractivity contribution in [2.75, 3.05) is 6.61 Å². The number of unbranched alkanes of at least 4 members (excludes halogenated alkanes) is 1. The molecule has 0 aromatic carbocycles. The first-order chi connectivity index (χ1) is 8.43. The molecule has 0 amide bonds. The maximum Gasteiger partial charge on any atom is 0.309 e. The Morgan fingerprint density at radius 3 is 2.94 bits per heavy atom. The van der Waals surface area contributed by atoms with Gasteiger partial charge in [-0.15, -0.1) is 6.58 Å². The summed E-state index contributed by atoms with van der Waals surface area (Å²) in [5.41, 5.74) is 0.00541. The predicted molar refractivity (Wildman–Crippen MR) is 71.2 cm³/mol. The first kappa shape index (κ1) is 15.2. The molecule has 0 aromatic heterocycles. The fourth-order valence-electron chi connectivity index (χ4n) is 2.30. The van der Waals surface area contributed by atoms with Gasteiger partial charge in [-0.05, 0) is 40.0 Å². The summed E-state index contributed by atoms with van der Waals surface area (Å²) in [6.07, 6.45) is 4.66. The molecule has 1 rings (SSSR count). The van der Waals surface area contributed by atoms with E-state index in [2.05, 4.69) is 25.7 Å². The molecule has 1 saturated heterocycles. The molecule has 1 heterocycles. The largest absolute Gasteiger partial charge is 0.466 e. The number of carbonyl (C=O) groups is 1. The summed E-state index contributed by atoms with van der Waals surface area (Å²) in [7, 11) is 0. The third-order valence-corrected chi connectivity index (χ3v) is 2.91. The highest BCUT2D eigenvalue weighted by molar-refractivity contribution is 5.69. The van der Waals surface area contributed by atoms with Gasteiger partial charge in [-0.3, -0.25) is 10.1 Å². The second kappa shape index (κ2) is 6.90. The third kappa shape index (κ3) is 5.65. The van der Waals surface area contributed by atoms with Crippen LogP contribution in [0.5, 0.6) is 0 Å². The monoisotopic (exact) mass is 255 g/mol. The van der Waals surface area contributed by atoms with E-state index in [0.29, 0.717) is 6.61 Å². The molecule has 0 radical (unpaired) electrons. The lowest BCUT2D eigenvalue weighted by atomic mass is 9.95. The van der Waals surface area contributed by atoms with E-state index in [9.17, 15) is 4.79 Å². The number of allylic oxidation sites excluding steroid dienone is 1. The lowest BCUT2D eigenvalue weighted by Crippen LogP contribution is -2.55. The van der Waals surface area contributed by atoms with Crippen molar-refractivity contribution in [1.82, 2.24) is 5.32 Å². The third-order valence-electron chi connectivity index (χ3n) is 2.91. The lowest BCUT2D eigenvalue weighted by molar-refractivity contribution is -0.153. The quantitative estimate of drug-likeness (QED) is 0.450. The van der Waals surface area contributed by atoms with E-state index in [1.54, 1.807) is 0 Å². The van der Waals surface area contributed by atoms with Crippen LogP contribution in [0.4, 0.5) is 0 Å². The highest BCUT2D eigenvalue weighted by Crippen LogP contribution is 2.22. The van der Waals surface area contributed by atoms with Crippen LogP contribution in [0.15, 0.2) is 12.7 Å². The van der Waals surface area contributed by atoms with Gasteiger partial charge < -0.3 is 9.47 Å². The van der Waals surface area contributed by atoms with E-state index in [4.69, 9.17) is 9.47 Å². The Kier molecular flexibility index (Phi) is 5.82. The fraction of sp³-hybridized carbons (Fsp3) is 0.786. The van der Waals surface area contributed by atoms with Crippen LogP contribution < -0.4 is 5.32 Å². The first-order valence-corrected chi connectivity index (χ1v) is 6.62. The van der Waals surface area contributed by atoms with E-state index in [1.165, 1.54) is 0 Å². The topological polar surface area (TPSA) is 47.6 Å². The second-order valence-corrected chi connectivity index (χ2v) is 5.52. The van der Waals surface area contributed by atoms with Gasteiger partial charge in [0.25, 0.3) is 0 Å². The smallest absolute Gasteiger partial charge is 0.309 e. The molecule has 1 aliphatic rings. The number of hydrogen-bond donors (Lipinski definition) is 1. The molecule has 1 fully saturated rings. The van der Waals surface area contributed by atoms with Gasteiger partial charge in [-0.2, -0.15) is 0 Å². The Morgan fingerprint density at radius 2 is 2.33 bits per heavy atom. The Balaban J connectivity index is 2.28. The van der Waals surface area contributed by atoms with E-state index in [0.717, 1.165) is 19.3 Å². The van der Waals surface area contributed by atoms with Crippen LogP contribution in [0, 0.1) is 0 Å². The SMILES string of the molecule is C=CCCCOC(=O)CC1NC(C)(C)CC(C)O1. The van der Waals surface area contributed by atoms with Crippen molar-refractivity contribution < 1.29 is 14.3 Å². The van der Waals surface area contributed by atoms with Gasteiger partial charge in [0.1, 0.15) is 6.23 Å². The molecule has 0 spiro atoms. The van der Waals surface area contributed by atoms with E-state index < -0.39 is 0 Å². The Morgan fingerprint density at radius 1 is 1.61 bits per heavy atom. The molecule has 0 aromatic rings. The van der Waals surface area contributed by atoms with Crippen LogP contribution in [0.2, 0.25) is 0 Å². The maximum atomic E-state index is 11.6. The van der Waals surface area contributed by atoms with Crippen molar-refractivity contribution in [1.29, 1.82) is 0 Å². The summed E-state index contributed by atoms with van der Waals surface area (Å²) < 4.78 is 10.8. The van der Waals surface area contributed by atoms with Crippen molar-refractivity contribution >= 4 is 5.97 Å². The van der Waals surface area contributed by atoms with Crippen molar-refractivity contribution in [2.45, 2.75) is 64.3 Å². The molecule has 4 nitrogen and oxygen atoms in total. The number of ether oxygens (including phenoxy) is 2. The van der Waals surface area contributed by atoms with Gasteiger partial charge in [0.05, 0.1) is 19.1 Å². The minimum absolute atomic E-state index is 0.00541. The molecule has 104 valence electrons. The first-order valence-electron chi connectivity index (χ1n) is 6.62. The summed E-state index contributed by atoms with van der Waals surface area (Å²) in [6.45, 7) is 10.4. The fourth-order valence-corrected chi connectivity index (χ4v) is 2.30. The zero-order chi connectivity index (χ0) is 13.6. The standard InChI is InChI=1S/C14H25NO3/c1-5-6-7-8-17-13(16)9-12-15-14(3,4)10-11(2)18-12/h5,11-12,15H,1,6-10H2,2-4H3. The zero-order valence-electron chi connectivity index (χ0n) is 11.7. The van der Waals surface area contributed by atoms with Crippen LogP contribution in [-0.2, 0) is 14.3 Å². The predicted octanol–water partition coefficient (Wildman–Crippen LogP) is 2.39. The molecule has 2 unspecified atom stereocenters. The molecule has 2 atom stereocenters.